The van der Waals surface area contributed by atoms with Crippen LogP contribution in [0.5, 0.6) is 5.75 Å². The van der Waals surface area contributed by atoms with Crippen molar-refractivity contribution in [1.82, 2.24) is 0 Å². The molecule has 2 rings (SSSR count). The van der Waals surface area contributed by atoms with E-state index in [9.17, 15) is 8.78 Å². The van der Waals surface area contributed by atoms with Gasteiger partial charge in [0, 0.05) is 12.1 Å². The van der Waals surface area contributed by atoms with Crippen molar-refractivity contribution >= 4 is 21.6 Å². The Morgan fingerprint density at radius 3 is 2.50 bits per heavy atom. The van der Waals surface area contributed by atoms with Gasteiger partial charge in [0.1, 0.15) is 17.4 Å². The standard InChI is InChI=1S/C15H14BrF2NO/c1-9(10-3-6-15(20-2)12(16)7-10)19-14-5-4-11(17)8-13(14)18/h3-9,19H,1-2H3. The second kappa shape index (κ2) is 6.22. The van der Waals surface area contributed by atoms with E-state index in [1.54, 1.807) is 7.11 Å². The van der Waals surface area contributed by atoms with Crippen LogP contribution in [0.2, 0.25) is 0 Å². The molecule has 2 aromatic rings. The molecular weight excluding hydrogens is 328 g/mol. The molecule has 0 aromatic heterocycles. The summed E-state index contributed by atoms with van der Waals surface area (Å²) in [7, 11) is 1.59. The fourth-order valence-corrected chi connectivity index (χ4v) is 2.43. The number of halogens is 3. The van der Waals surface area contributed by atoms with Gasteiger partial charge in [-0.15, -0.1) is 0 Å². The number of methoxy groups -OCH3 is 1. The van der Waals surface area contributed by atoms with Crippen LogP contribution in [0.15, 0.2) is 40.9 Å². The Bertz CT molecular complexity index is 619. The number of ether oxygens (including phenoxy) is 1. The first kappa shape index (κ1) is 14.8. The van der Waals surface area contributed by atoms with Gasteiger partial charge in [-0.2, -0.15) is 0 Å². The molecule has 0 radical (unpaired) electrons. The number of hydrogen-bond acceptors (Lipinski definition) is 2. The van der Waals surface area contributed by atoms with Gasteiger partial charge in [0.15, 0.2) is 0 Å². The van der Waals surface area contributed by atoms with Crippen molar-refractivity contribution in [2.75, 3.05) is 12.4 Å². The Balaban J connectivity index is 2.19. The van der Waals surface area contributed by atoms with Gasteiger partial charge >= 0.3 is 0 Å². The summed E-state index contributed by atoms with van der Waals surface area (Å²) in [6.07, 6.45) is 0. The molecule has 0 aliphatic heterocycles. The van der Waals surface area contributed by atoms with Crippen LogP contribution in [0.1, 0.15) is 18.5 Å². The van der Waals surface area contributed by atoms with Crippen molar-refractivity contribution in [2.45, 2.75) is 13.0 Å². The zero-order chi connectivity index (χ0) is 14.7. The molecule has 0 aliphatic rings. The van der Waals surface area contributed by atoms with Crippen molar-refractivity contribution in [2.24, 2.45) is 0 Å². The Kier molecular flexibility index (Phi) is 4.60. The predicted molar refractivity (Wildman–Crippen MR) is 79.1 cm³/mol. The number of benzene rings is 2. The van der Waals surface area contributed by atoms with Crippen LogP contribution in [0.25, 0.3) is 0 Å². The van der Waals surface area contributed by atoms with E-state index >= 15 is 0 Å². The second-order valence-electron chi connectivity index (χ2n) is 4.38. The highest BCUT2D eigenvalue weighted by molar-refractivity contribution is 9.10. The predicted octanol–water partition coefficient (Wildman–Crippen LogP) is 4.91. The maximum Gasteiger partial charge on any atom is 0.149 e. The number of hydrogen-bond donors (Lipinski definition) is 1. The summed E-state index contributed by atoms with van der Waals surface area (Å²) in [5, 5.41) is 3.02. The van der Waals surface area contributed by atoms with Gasteiger partial charge in [-0.1, -0.05) is 6.07 Å². The normalized spacial score (nSPS) is 12.1. The minimum Gasteiger partial charge on any atom is -0.496 e. The molecule has 1 N–H and O–H groups in total. The highest BCUT2D eigenvalue weighted by atomic mass is 79.9. The third-order valence-electron chi connectivity index (χ3n) is 2.98. The third-order valence-corrected chi connectivity index (χ3v) is 3.60. The minimum absolute atomic E-state index is 0.128. The Morgan fingerprint density at radius 1 is 1.15 bits per heavy atom. The van der Waals surface area contributed by atoms with E-state index in [1.165, 1.54) is 12.1 Å². The van der Waals surface area contributed by atoms with Crippen LogP contribution < -0.4 is 10.1 Å². The molecule has 20 heavy (non-hydrogen) atoms. The first-order valence-corrected chi connectivity index (χ1v) is 6.85. The topological polar surface area (TPSA) is 21.3 Å². The molecule has 0 heterocycles. The molecule has 0 bridgehead atoms. The first-order chi connectivity index (χ1) is 9.51. The third kappa shape index (κ3) is 3.28. The monoisotopic (exact) mass is 341 g/mol. The van der Waals surface area contributed by atoms with Crippen LogP contribution in [0, 0.1) is 11.6 Å². The van der Waals surface area contributed by atoms with Crippen LogP contribution in [-0.4, -0.2) is 7.11 Å². The maximum atomic E-state index is 13.6. The highest BCUT2D eigenvalue weighted by Gasteiger charge is 2.11. The summed E-state index contributed by atoms with van der Waals surface area (Å²) in [6, 6.07) is 8.97. The largest absolute Gasteiger partial charge is 0.496 e. The SMILES string of the molecule is COc1ccc(C(C)Nc2ccc(F)cc2F)cc1Br. The Hall–Kier alpha value is -1.62. The molecule has 0 amide bonds. The molecule has 1 atom stereocenters. The molecule has 0 fully saturated rings. The van der Waals surface area contributed by atoms with Gasteiger partial charge in [-0.05, 0) is 52.7 Å². The molecule has 0 saturated carbocycles. The van der Waals surface area contributed by atoms with E-state index in [-0.39, 0.29) is 11.7 Å². The van der Waals surface area contributed by atoms with Crippen molar-refractivity contribution in [1.29, 1.82) is 0 Å². The van der Waals surface area contributed by atoms with Gasteiger partial charge < -0.3 is 10.1 Å². The van der Waals surface area contributed by atoms with Gasteiger partial charge in [-0.25, -0.2) is 8.78 Å². The van der Waals surface area contributed by atoms with Gasteiger partial charge in [-0.3, -0.25) is 0 Å². The lowest BCUT2D eigenvalue weighted by molar-refractivity contribution is 0.412. The molecule has 0 aliphatic carbocycles. The molecule has 0 spiro atoms. The van der Waals surface area contributed by atoms with Crippen molar-refractivity contribution in [3.05, 3.63) is 58.1 Å². The fourth-order valence-electron chi connectivity index (χ4n) is 1.88. The summed E-state index contributed by atoms with van der Waals surface area (Å²) < 4.78 is 32.4. The molecule has 2 nitrogen and oxygen atoms in total. The molecular formula is C15H14BrF2NO. The van der Waals surface area contributed by atoms with E-state index in [0.29, 0.717) is 0 Å². The van der Waals surface area contributed by atoms with E-state index in [4.69, 9.17) is 4.74 Å². The average molecular weight is 342 g/mol. The lowest BCUT2D eigenvalue weighted by Gasteiger charge is -2.17. The Labute approximate surface area is 124 Å². The fraction of sp³-hybridized carbons (Fsp3) is 0.200. The smallest absolute Gasteiger partial charge is 0.149 e. The summed E-state index contributed by atoms with van der Waals surface area (Å²) in [5.41, 5.74) is 1.23. The number of anilines is 1. The lowest BCUT2D eigenvalue weighted by atomic mass is 10.1. The van der Waals surface area contributed by atoms with E-state index in [1.807, 2.05) is 25.1 Å². The first-order valence-electron chi connectivity index (χ1n) is 6.06. The molecule has 0 saturated heterocycles. The lowest BCUT2D eigenvalue weighted by Crippen LogP contribution is -2.08. The second-order valence-corrected chi connectivity index (χ2v) is 5.24. The molecule has 5 heteroatoms. The quantitative estimate of drug-likeness (QED) is 0.853. The van der Waals surface area contributed by atoms with Crippen LogP contribution in [0.3, 0.4) is 0 Å². The van der Waals surface area contributed by atoms with Crippen molar-refractivity contribution < 1.29 is 13.5 Å². The summed E-state index contributed by atoms with van der Waals surface area (Å²) >= 11 is 3.41. The van der Waals surface area contributed by atoms with E-state index in [0.717, 1.165) is 21.9 Å². The molecule has 2 aromatic carbocycles. The van der Waals surface area contributed by atoms with Crippen molar-refractivity contribution in [3.8, 4) is 5.75 Å². The molecule has 106 valence electrons. The zero-order valence-corrected chi connectivity index (χ0v) is 12.7. The number of rotatable bonds is 4. The van der Waals surface area contributed by atoms with E-state index in [2.05, 4.69) is 21.2 Å². The summed E-state index contributed by atoms with van der Waals surface area (Å²) in [4.78, 5) is 0. The van der Waals surface area contributed by atoms with Crippen LogP contribution in [0.4, 0.5) is 14.5 Å². The summed E-state index contributed by atoms with van der Waals surface area (Å²) in [5.74, 6) is -0.466. The minimum atomic E-state index is -0.607. The van der Waals surface area contributed by atoms with E-state index < -0.39 is 11.6 Å². The zero-order valence-electron chi connectivity index (χ0n) is 11.1. The summed E-state index contributed by atoms with van der Waals surface area (Å²) in [6.45, 7) is 1.90. The average Bonchev–Trinajstić information content (AvgIpc) is 2.41. The Morgan fingerprint density at radius 2 is 1.90 bits per heavy atom. The van der Waals surface area contributed by atoms with Gasteiger partial charge in [0.25, 0.3) is 0 Å². The molecule has 1 unspecified atom stereocenters. The van der Waals surface area contributed by atoms with Crippen LogP contribution in [-0.2, 0) is 0 Å². The maximum absolute atomic E-state index is 13.6. The van der Waals surface area contributed by atoms with Crippen LogP contribution >= 0.6 is 15.9 Å². The number of nitrogens with one attached hydrogen (secondary N) is 1. The van der Waals surface area contributed by atoms with Gasteiger partial charge in [0.05, 0.1) is 17.3 Å². The van der Waals surface area contributed by atoms with Crippen molar-refractivity contribution in [3.63, 3.8) is 0 Å². The van der Waals surface area contributed by atoms with Gasteiger partial charge in [0.2, 0.25) is 0 Å². The highest BCUT2D eigenvalue weighted by Crippen LogP contribution is 2.29.